The third-order valence-electron chi connectivity index (χ3n) is 5.56. The minimum atomic E-state index is -2.94. The zero-order valence-corrected chi connectivity index (χ0v) is 17.8. The number of aromatic nitrogens is 3. The van der Waals surface area contributed by atoms with Crippen LogP contribution in [0.15, 0.2) is 23.9 Å². The van der Waals surface area contributed by atoms with Crippen LogP contribution in [-0.2, 0) is 0 Å². The molecule has 1 aliphatic heterocycles. The normalized spacial score (nSPS) is 20.2. The van der Waals surface area contributed by atoms with Gasteiger partial charge in [-0.25, -0.2) is 4.98 Å². The van der Waals surface area contributed by atoms with Crippen LogP contribution in [0, 0.1) is 0 Å². The van der Waals surface area contributed by atoms with Crippen LogP contribution in [0.1, 0.15) is 49.8 Å². The second-order valence-electron chi connectivity index (χ2n) is 8.41. The molecular formula is C22H28F2N6O. The average Bonchev–Trinajstić information content (AvgIpc) is 3.53. The predicted octanol–water partition coefficient (Wildman–Crippen LogP) is 3.84. The van der Waals surface area contributed by atoms with Crippen LogP contribution in [0.25, 0.3) is 17.3 Å². The summed E-state index contributed by atoms with van der Waals surface area (Å²) < 4.78 is 31.1. The van der Waals surface area contributed by atoms with Gasteiger partial charge in [-0.05, 0) is 75.9 Å². The zero-order valence-electron chi connectivity index (χ0n) is 17.8. The van der Waals surface area contributed by atoms with Gasteiger partial charge in [-0.1, -0.05) is 6.07 Å². The third-order valence-corrected chi connectivity index (χ3v) is 5.56. The standard InChI is InChI=1S/C22H28F2N6O/c1-13(25)10-18-20(28-29-22(27-18)26-16-4-3-9-30(2)12-16)17-8-7-15(14-5-6-14)11-19(17)31-21(23)24/h7-8,10-11,14,16,21H,3-6,9,12,25H2,1-2H3,(H,26,27,29). The lowest BCUT2D eigenvalue weighted by atomic mass is 10.0. The quantitative estimate of drug-likeness (QED) is 0.690. The molecule has 4 rings (SSSR count). The highest BCUT2D eigenvalue weighted by Gasteiger charge is 2.26. The molecule has 7 nitrogen and oxygen atoms in total. The zero-order chi connectivity index (χ0) is 22.0. The summed E-state index contributed by atoms with van der Waals surface area (Å²) in [6.45, 7) is 0.761. The molecule has 1 saturated carbocycles. The van der Waals surface area contributed by atoms with E-state index in [9.17, 15) is 8.78 Å². The molecule has 1 atom stereocenters. The van der Waals surface area contributed by atoms with Gasteiger partial charge < -0.3 is 20.7 Å². The molecule has 2 heterocycles. The summed E-state index contributed by atoms with van der Waals surface area (Å²) in [7, 11) is 2.08. The molecule has 0 bridgehead atoms. The molecule has 2 fully saturated rings. The number of hydrogen-bond acceptors (Lipinski definition) is 7. The monoisotopic (exact) mass is 430 g/mol. The number of rotatable bonds is 7. The van der Waals surface area contributed by atoms with Crippen LogP contribution in [0.5, 0.6) is 5.75 Å². The van der Waals surface area contributed by atoms with Crippen LogP contribution in [0.4, 0.5) is 14.7 Å². The molecule has 0 radical (unpaired) electrons. The van der Waals surface area contributed by atoms with E-state index in [0.717, 1.165) is 44.3 Å². The fraction of sp³-hybridized carbons (Fsp3) is 0.500. The summed E-state index contributed by atoms with van der Waals surface area (Å²) in [5, 5.41) is 11.9. The SMILES string of the molecule is CC(N)=Cc1nc(NC2CCCN(C)C2)nnc1-c1ccc(C2CC2)cc1OC(F)F. The highest BCUT2D eigenvalue weighted by Crippen LogP contribution is 2.43. The largest absolute Gasteiger partial charge is 0.434 e. The van der Waals surface area contributed by atoms with Crippen LogP contribution >= 0.6 is 0 Å². The first-order valence-corrected chi connectivity index (χ1v) is 10.6. The van der Waals surface area contributed by atoms with E-state index in [0.29, 0.717) is 34.5 Å². The fourth-order valence-electron chi connectivity index (χ4n) is 3.97. The van der Waals surface area contributed by atoms with E-state index in [2.05, 4.69) is 32.4 Å². The van der Waals surface area contributed by atoms with E-state index in [1.807, 2.05) is 6.07 Å². The van der Waals surface area contributed by atoms with Crippen molar-refractivity contribution in [1.29, 1.82) is 0 Å². The Kier molecular flexibility index (Phi) is 6.31. The lowest BCUT2D eigenvalue weighted by Gasteiger charge is -2.30. The van der Waals surface area contributed by atoms with Crippen molar-refractivity contribution >= 4 is 12.0 Å². The van der Waals surface area contributed by atoms with Gasteiger partial charge in [0.15, 0.2) is 0 Å². The van der Waals surface area contributed by atoms with Gasteiger partial charge in [0.05, 0.1) is 5.69 Å². The summed E-state index contributed by atoms with van der Waals surface area (Å²) in [6.07, 6.45) is 5.91. The second kappa shape index (κ2) is 9.13. The number of alkyl halides is 2. The number of likely N-dealkylation sites (N-methyl/N-ethyl adjacent to an activating group) is 1. The fourth-order valence-corrected chi connectivity index (χ4v) is 3.97. The summed E-state index contributed by atoms with van der Waals surface area (Å²) >= 11 is 0. The number of nitrogens with two attached hydrogens (primary N) is 1. The molecule has 31 heavy (non-hydrogen) atoms. The van der Waals surface area contributed by atoms with Crippen molar-refractivity contribution in [1.82, 2.24) is 20.1 Å². The van der Waals surface area contributed by atoms with Crippen LogP contribution in [0.2, 0.25) is 0 Å². The number of anilines is 1. The maximum Gasteiger partial charge on any atom is 0.387 e. The number of allylic oxidation sites excluding steroid dienone is 1. The molecule has 1 unspecified atom stereocenters. The topological polar surface area (TPSA) is 89.2 Å². The minimum absolute atomic E-state index is 0.0782. The van der Waals surface area contributed by atoms with Crippen LogP contribution in [0.3, 0.4) is 0 Å². The van der Waals surface area contributed by atoms with Gasteiger partial charge in [-0.15, -0.1) is 10.2 Å². The first-order valence-electron chi connectivity index (χ1n) is 10.6. The van der Waals surface area contributed by atoms with Gasteiger partial charge in [0, 0.05) is 23.8 Å². The summed E-state index contributed by atoms with van der Waals surface area (Å²) in [6, 6.07) is 5.58. The maximum absolute atomic E-state index is 13.1. The number of likely N-dealkylation sites (tertiary alicyclic amines) is 1. The summed E-state index contributed by atoms with van der Waals surface area (Å²) in [4.78, 5) is 6.85. The van der Waals surface area contributed by atoms with Crippen LogP contribution < -0.4 is 15.8 Å². The molecule has 1 aromatic heterocycles. The number of nitrogens with one attached hydrogen (secondary N) is 1. The Morgan fingerprint density at radius 2 is 2.10 bits per heavy atom. The summed E-state index contributed by atoms with van der Waals surface area (Å²) in [5.41, 5.74) is 8.66. The molecule has 1 aliphatic carbocycles. The summed E-state index contributed by atoms with van der Waals surface area (Å²) in [5.74, 6) is 0.876. The van der Waals surface area contributed by atoms with E-state index in [1.54, 1.807) is 25.1 Å². The molecule has 166 valence electrons. The van der Waals surface area contributed by atoms with E-state index in [-0.39, 0.29) is 11.8 Å². The van der Waals surface area contributed by atoms with E-state index < -0.39 is 6.61 Å². The molecule has 1 saturated heterocycles. The van der Waals surface area contributed by atoms with Crippen molar-refractivity contribution in [2.24, 2.45) is 5.73 Å². The molecule has 0 amide bonds. The third kappa shape index (κ3) is 5.46. The molecule has 9 heteroatoms. The van der Waals surface area contributed by atoms with Crippen molar-refractivity contribution in [2.75, 3.05) is 25.5 Å². The molecule has 1 aromatic carbocycles. The lowest BCUT2D eigenvalue weighted by Crippen LogP contribution is -2.40. The Bertz CT molecular complexity index is 959. The first-order chi connectivity index (χ1) is 14.9. The predicted molar refractivity (Wildman–Crippen MR) is 116 cm³/mol. The Balaban J connectivity index is 1.69. The maximum atomic E-state index is 13.1. The smallest absolute Gasteiger partial charge is 0.387 e. The van der Waals surface area contributed by atoms with Gasteiger partial charge in [0.1, 0.15) is 11.4 Å². The van der Waals surface area contributed by atoms with Crippen molar-refractivity contribution in [3.05, 3.63) is 35.2 Å². The molecule has 2 aromatic rings. The molecule has 0 spiro atoms. The van der Waals surface area contributed by atoms with Gasteiger partial charge in [-0.2, -0.15) is 8.78 Å². The minimum Gasteiger partial charge on any atom is -0.434 e. The number of halogens is 2. The Morgan fingerprint density at radius 3 is 2.77 bits per heavy atom. The number of piperidine rings is 1. The van der Waals surface area contributed by atoms with Crippen molar-refractivity contribution in [3.8, 4) is 17.0 Å². The van der Waals surface area contributed by atoms with E-state index in [1.165, 1.54) is 0 Å². The van der Waals surface area contributed by atoms with Crippen LogP contribution in [-0.4, -0.2) is 52.9 Å². The highest BCUT2D eigenvalue weighted by molar-refractivity contribution is 5.75. The highest BCUT2D eigenvalue weighted by atomic mass is 19.3. The number of benzene rings is 1. The number of hydrogen-bond donors (Lipinski definition) is 2. The van der Waals surface area contributed by atoms with Crippen molar-refractivity contribution < 1.29 is 13.5 Å². The second-order valence-corrected chi connectivity index (χ2v) is 8.41. The molecular weight excluding hydrogens is 402 g/mol. The van der Waals surface area contributed by atoms with Gasteiger partial charge in [-0.3, -0.25) is 0 Å². The van der Waals surface area contributed by atoms with Gasteiger partial charge >= 0.3 is 6.61 Å². The number of ether oxygens (including phenoxy) is 1. The van der Waals surface area contributed by atoms with Crippen molar-refractivity contribution in [2.45, 2.75) is 51.2 Å². The number of nitrogens with zero attached hydrogens (tertiary/aromatic N) is 4. The Hall–Kier alpha value is -2.81. The van der Waals surface area contributed by atoms with Gasteiger partial charge in [0.2, 0.25) is 5.95 Å². The van der Waals surface area contributed by atoms with E-state index in [4.69, 9.17) is 10.5 Å². The van der Waals surface area contributed by atoms with Crippen molar-refractivity contribution in [3.63, 3.8) is 0 Å². The van der Waals surface area contributed by atoms with Gasteiger partial charge in [0.25, 0.3) is 0 Å². The Labute approximate surface area is 180 Å². The molecule has 2 aliphatic rings. The average molecular weight is 431 g/mol. The molecule has 3 N–H and O–H groups in total. The Morgan fingerprint density at radius 1 is 1.29 bits per heavy atom. The lowest BCUT2D eigenvalue weighted by molar-refractivity contribution is -0.0495. The first kappa shape index (κ1) is 21.4. The van der Waals surface area contributed by atoms with E-state index >= 15 is 0 Å².